The van der Waals surface area contributed by atoms with Gasteiger partial charge in [-0.05, 0) is 46.5 Å². The highest BCUT2D eigenvalue weighted by Gasteiger charge is 2.30. The largest absolute Gasteiger partial charge is 0.416 e. The highest BCUT2D eigenvalue weighted by molar-refractivity contribution is 6.14. The van der Waals surface area contributed by atoms with Gasteiger partial charge in [0.1, 0.15) is 0 Å². The molecule has 5 rings (SSSR count). The summed E-state index contributed by atoms with van der Waals surface area (Å²) in [4.78, 5) is 4.65. The summed E-state index contributed by atoms with van der Waals surface area (Å²) in [7, 11) is 0. The fourth-order valence-corrected chi connectivity index (χ4v) is 3.68. The zero-order chi connectivity index (χ0) is 17.9. The van der Waals surface area contributed by atoms with Gasteiger partial charge in [-0.1, -0.05) is 48.5 Å². The highest BCUT2D eigenvalue weighted by atomic mass is 19.4. The third-order valence-electron chi connectivity index (χ3n) is 4.83. The van der Waals surface area contributed by atoms with Crippen LogP contribution in [0.1, 0.15) is 5.56 Å². The van der Waals surface area contributed by atoms with E-state index in [1.54, 1.807) is 6.07 Å². The number of hydrogen-bond donors (Lipinski definition) is 0. The minimum atomic E-state index is -4.37. The molecule has 126 valence electrons. The van der Waals surface area contributed by atoms with E-state index in [2.05, 4.69) is 17.1 Å². The Morgan fingerprint density at radius 3 is 2.12 bits per heavy atom. The van der Waals surface area contributed by atoms with E-state index in [9.17, 15) is 13.2 Å². The Morgan fingerprint density at radius 2 is 1.35 bits per heavy atom. The summed E-state index contributed by atoms with van der Waals surface area (Å²) in [5.74, 6) is 0. The molecule has 1 aliphatic carbocycles. The van der Waals surface area contributed by atoms with E-state index >= 15 is 0 Å². The molecule has 0 radical (unpaired) electrons. The van der Waals surface area contributed by atoms with Crippen LogP contribution in [0.5, 0.6) is 0 Å². The molecule has 26 heavy (non-hydrogen) atoms. The summed E-state index contributed by atoms with van der Waals surface area (Å²) in [5, 5.41) is 1.06. The highest BCUT2D eigenvalue weighted by Crippen LogP contribution is 2.47. The lowest BCUT2D eigenvalue weighted by Gasteiger charge is -2.10. The zero-order valence-corrected chi connectivity index (χ0v) is 13.5. The lowest BCUT2D eigenvalue weighted by molar-refractivity contribution is -0.137. The summed E-state index contributed by atoms with van der Waals surface area (Å²) in [6.45, 7) is 0. The Morgan fingerprint density at radius 1 is 0.654 bits per heavy atom. The average molecular weight is 347 g/mol. The normalized spacial score (nSPS) is 12.4. The fraction of sp³-hybridized carbons (Fsp3) is 0.0455. The van der Waals surface area contributed by atoms with Gasteiger partial charge in [0, 0.05) is 10.9 Å². The first-order valence-corrected chi connectivity index (χ1v) is 8.23. The maximum atomic E-state index is 13.1. The topological polar surface area (TPSA) is 12.9 Å². The van der Waals surface area contributed by atoms with Crippen LogP contribution >= 0.6 is 0 Å². The van der Waals surface area contributed by atoms with Crippen molar-refractivity contribution in [3.63, 3.8) is 0 Å². The fourth-order valence-electron chi connectivity index (χ4n) is 3.68. The number of pyridine rings is 1. The van der Waals surface area contributed by atoms with Crippen molar-refractivity contribution < 1.29 is 13.2 Å². The first-order chi connectivity index (χ1) is 12.5. The van der Waals surface area contributed by atoms with Gasteiger partial charge in [0.05, 0.1) is 16.8 Å². The summed E-state index contributed by atoms with van der Waals surface area (Å²) in [5.41, 5.74) is 5.52. The quantitative estimate of drug-likeness (QED) is 0.334. The number of halogens is 3. The van der Waals surface area contributed by atoms with Crippen LogP contribution in [0.15, 0.2) is 72.8 Å². The predicted octanol–water partition coefficient (Wildman–Crippen LogP) is 6.57. The van der Waals surface area contributed by atoms with Crippen molar-refractivity contribution in [2.45, 2.75) is 6.18 Å². The summed E-state index contributed by atoms with van der Waals surface area (Å²) < 4.78 is 39.2. The Bertz CT molecular complexity index is 1180. The van der Waals surface area contributed by atoms with Crippen LogP contribution in [-0.4, -0.2) is 4.98 Å². The lowest BCUT2D eigenvalue weighted by Crippen LogP contribution is -2.04. The monoisotopic (exact) mass is 347 g/mol. The van der Waals surface area contributed by atoms with Crippen LogP contribution in [-0.2, 0) is 6.18 Å². The summed E-state index contributed by atoms with van der Waals surface area (Å²) in [6.07, 6.45) is -4.37. The number of rotatable bonds is 1. The van der Waals surface area contributed by atoms with Gasteiger partial charge < -0.3 is 0 Å². The van der Waals surface area contributed by atoms with Crippen molar-refractivity contribution >= 4 is 10.9 Å². The smallest absolute Gasteiger partial charge is 0.248 e. The van der Waals surface area contributed by atoms with Crippen LogP contribution in [0, 0.1) is 0 Å². The molecular weight excluding hydrogens is 335 g/mol. The van der Waals surface area contributed by atoms with Crippen LogP contribution < -0.4 is 0 Å². The molecule has 0 spiro atoms. The number of fused-ring (bicyclic) bond motifs is 3. The van der Waals surface area contributed by atoms with E-state index in [1.165, 1.54) is 6.07 Å². The Labute approximate surface area is 147 Å². The minimum absolute atomic E-state index is 0.466. The van der Waals surface area contributed by atoms with E-state index in [1.807, 2.05) is 36.4 Å². The van der Waals surface area contributed by atoms with Crippen molar-refractivity contribution in [1.29, 1.82) is 0 Å². The second-order valence-corrected chi connectivity index (χ2v) is 6.38. The van der Waals surface area contributed by atoms with E-state index in [-0.39, 0.29) is 0 Å². The zero-order valence-electron chi connectivity index (χ0n) is 13.5. The second kappa shape index (κ2) is 5.18. The SMILES string of the molecule is FC(F)(F)c1cccc(-c2cc3c4c(cccc4n2)-c2ccccc2-3)c1. The molecule has 1 aromatic heterocycles. The molecule has 0 bridgehead atoms. The molecule has 3 aromatic carbocycles. The second-order valence-electron chi connectivity index (χ2n) is 6.38. The van der Waals surface area contributed by atoms with Gasteiger partial charge in [-0.25, -0.2) is 4.98 Å². The van der Waals surface area contributed by atoms with Crippen molar-refractivity contribution in [2.24, 2.45) is 0 Å². The molecule has 0 fully saturated rings. The molecule has 0 N–H and O–H groups in total. The lowest BCUT2D eigenvalue weighted by atomic mass is 10.0. The number of aromatic nitrogens is 1. The Kier molecular flexibility index (Phi) is 3.02. The maximum Gasteiger partial charge on any atom is 0.416 e. The molecule has 1 aliphatic rings. The van der Waals surface area contributed by atoms with Crippen LogP contribution in [0.2, 0.25) is 0 Å². The molecule has 4 aromatic rings. The first-order valence-electron chi connectivity index (χ1n) is 8.23. The number of alkyl halides is 3. The van der Waals surface area contributed by atoms with E-state index in [0.29, 0.717) is 11.3 Å². The maximum absolute atomic E-state index is 13.1. The third kappa shape index (κ3) is 2.15. The molecule has 0 unspecified atom stereocenters. The predicted molar refractivity (Wildman–Crippen MR) is 96.6 cm³/mol. The van der Waals surface area contributed by atoms with Crippen molar-refractivity contribution in [3.05, 3.63) is 78.4 Å². The Balaban J connectivity index is 1.78. The van der Waals surface area contributed by atoms with E-state index in [4.69, 9.17) is 0 Å². The molecule has 0 aliphatic heterocycles. The molecule has 0 atom stereocenters. The van der Waals surface area contributed by atoms with Crippen LogP contribution in [0.25, 0.3) is 44.4 Å². The van der Waals surface area contributed by atoms with Gasteiger partial charge >= 0.3 is 6.18 Å². The minimum Gasteiger partial charge on any atom is -0.248 e. The number of nitrogens with zero attached hydrogens (tertiary/aromatic N) is 1. The molecule has 0 saturated carbocycles. The van der Waals surface area contributed by atoms with E-state index in [0.717, 1.165) is 45.3 Å². The van der Waals surface area contributed by atoms with Gasteiger partial charge in [-0.3, -0.25) is 0 Å². The van der Waals surface area contributed by atoms with Crippen LogP contribution in [0.4, 0.5) is 13.2 Å². The van der Waals surface area contributed by atoms with Crippen molar-refractivity contribution in [2.75, 3.05) is 0 Å². The van der Waals surface area contributed by atoms with Gasteiger partial charge in [-0.15, -0.1) is 0 Å². The average Bonchev–Trinajstić information content (AvgIpc) is 2.97. The van der Waals surface area contributed by atoms with Gasteiger partial charge in [-0.2, -0.15) is 13.2 Å². The number of hydrogen-bond acceptors (Lipinski definition) is 1. The molecule has 1 heterocycles. The van der Waals surface area contributed by atoms with E-state index < -0.39 is 11.7 Å². The first kappa shape index (κ1) is 15.1. The van der Waals surface area contributed by atoms with Gasteiger partial charge in [0.15, 0.2) is 0 Å². The van der Waals surface area contributed by atoms with Crippen molar-refractivity contribution in [3.8, 4) is 33.5 Å². The van der Waals surface area contributed by atoms with Crippen LogP contribution in [0.3, 0.4) is 0 Å². The van der Waals surface area contributed by atoms with Gasteiger partial charge in [0.25, 0.3) is 0 Å². The summed E-state index contributed by atoms with van der Waals surface area (Å²) >= 11 is 0. The standard InChI is InChI=1S/C22H12F3N/c23-22(24,25)14-6-3-5-13(11-14)20-12-18-16-8-2-1-7-15(16)17-9-4-10-19(26-20)21(17)18/h1-12H. The van der Waals surface area contributed by atoms with Crippen molar-refractivity contribution in [1.82, 2.24) is 4.98 Å². The molecule has 1 nitrogen and oxygen atoms in total. The number of benzene rings is 3. The van der Waals surface area contributed by atoms with Gasteiger partial charge in [0.2, 0.25) is 0 Å². The third-order valence-corrected chi connectivity index (χ3v) is 4.83. The molecular formula is C22H12F3N. The molecule has 0 saturated heterocycles. The molecule has 4 heteroatoms. The summed E-state index contributed by atoms with van der Waals surface area (Å²) in [6, 6.07) is 21.2. The molecule has 0 amide bonds. The Hall–Kier alpha value is -3.14.